The Bertz CT molecular complexity index is 819. The molecule has 1 aliphatic heterocycles. The first-order chi connectivity index (χ1) is 14.4. The molecule has 1 aromatic carbocycles. The summed E-state index contributed by atoms with van der Waals surface area (Å²) in [6, 6.07) is 3.11. The summed E-state index contributed by atoms with van der Waals surface area (Å²) in [5.41, 5.74) is 0.0457. The third-order valence-corrected chi connectivity index (χ3v) is 5.75. The van der Waals surface area contributed by atoms with Crippen LogP contribution in [0.5, 0.6) is 17.2 Å². The van der Waals surface area contributed by atoms with Gasteiger partial charge in [0.05, 0.1) is 21.3 Å². The fraction of sp³-hybridized carbons (Fsp3) is 0.571. The van der Waals surface area contributed by atoms with Crippen molar-refractivity contribution in [1.29, 1.82) is 0 Å². The molecule has 1 aromatic rings. The lowest BCUT2D eigenvalue weighted by Gasteiger charge is -2.20. The third kappa shape index (κ3) is 4.29. The number of ether oxygens (including phenoxy) is 3. The van der Waals surface area contributed by atoms with Gasteiger partial charge in [0, 0.05) is 31.1 Å². The van der Waals surface area contributed by atoms with Crippen molar-refractivity contribution < 1.29 is 28.6 Å². The highest BCUT2D eigenvalue weighted by Gasteiger charge is 2.52. The minimum absolute atomic E-state index is 0.152. The van der Waals surface area contributed by atoms with Crippen LogP contribution < -0.4 is 24.8 Å². The molecule has 0 atom stereocenters. The Morgan fingerprint density at radius 1 is 1.07 bits per heavy atom. The highest BCUT2D eigenvalue weighted by atomic mass is 16.5. The molecule has 4 amide bonds. The highest BCUT2D eigenvalue weighted by Crippen LogP contribution is 2.35. The SMILES string of the molecule is COc1cc(OC)c(OC)cc1CNC(=O)CCCN1C(=O)NC2(CCCC2)C1=O. The molecule has 0 bridgehead atoms. The summed E-state index contributed by atoms with van der Waals surface area (Å²) in [7, 11) is 4.62. The number of urea groups is 1. The van der Waals surface area contributed by atoms with Gasteiger partial charge in [-0.2, -0.15) is 0 Å². The van der Waals surface area contributed by atoms with Gasteiger partial charge in [-0.15, -0.1) is 0 Å². The van der Waals surface area contributed by atoms with E-state index in [9.17, 15) is 14.4 Å². The number of nitrogens with zero attached hydrogens (tertiary/aromatic N) is 1. The fourth-order valence-electron chi connectivity index (χ4n) is 4.11. The van der Waals surface area contributed by atoms with E-state index in [2.05, 4.69) is 10.6 Å². The predicted molar refractivity (Wildman–Crippen MR) is 109 cm³/mol. The van der Waals surface area contributed by atoms with Gasteiger partial charge in [0.1, 0.15) is 11.3 Å². The van der Waals surface area contributed by atoms with Crippen LogP contribution in [-0.4, -0.2) is 56.2 Å². The summed E-state index contributed by atoms with van der Waals surface area (Å²) < 4.78 is 15.9. The maximum Gasteiger partial charge on any atom is 0.325 e. The molecule has 2 aliphatic rings. The molecule has 0 radical (unpaired) electrons. The molecule has 164 valence electrons. The number of hydrogen-bond acceptors (Lipinski definition) is 6. The molecule has 0 unspecified atom stereocenters. The Labute approximate surface area is 176 Å². The summed E-state index contributed by atoms with van der Waals surface area (Å²) in [5, 5.41) is 5.69. The second-order valence-corrected chi connectivity index (χ2v) is 7.58. The fourth-order valence-corrected chi connectivity index (χ4v) is 4.11. The van der Waals surface area contributed by atoms with E-state index in [0.717, 1.165) is 18.4 Å². The van der Waals surface area contributed by atoms with Crippen LogP contribution in [0.15, 0.2) is 12.1 Å². The van der Waals surface area contributed by atoms with Gasteiger partial charge in [-0.05, 0) is 25.3 Å². The lowest BCUT2D eigenvalue weighted by Crippen LogP contribution is -2.44. The zero-order valence-corrected chi connectivity index (χ0v) is 17.7. The molecular weight excluding hydrogens is 390 g/mol. The van der Waals surface area contributed by atoms with Crippen molar-refractivity contribution in [2.24, 2.45) is 0 Å². The lowest BCUT2D eigenvalue weighted by atomic mass is 9.98. The van der Waals surface area contributed by atoms with Crippen molar-refractivity contribution in [1.82, 2.24) is 15.5 Å². The van der Waals surface area contributed by atoms with Crippen LogP contribution in [0, 0.1) is 0 Å². The maximum absolute atomic E-state index is 12.6. The smallest absolute Gasteiger partial charge is 0.325 e. The number of amides is 4. The first kappa shape index (κ1) is 21.7. The Morgan fingerprint density at radius 3 is 2.33 bits per heavy atom. The van der Waals surface area contributed by atoms with Gasteiger partial charge in [-0.3, -0.25) is 14.5 Å². The van der Waals surface area contributed by atoms with Gasteiger partial charge in [-0.1, -0.05) is 12.8 Å². The maximum atomic E-state index is 12.6. The van der Waals surface area contributed by atoms with Crippen LogP contribution in [0.1, 0.15) is 44.1 Å². The Kier molecular flexibility index (Phi) is 6.69. The van der Waals surface area contributed by atoms with Crippen molar-refractivity contribution in [2.45, 2.75) is 50.6 Å². The molecule has 9 nitrogen and oxygen atoms in total. The normalized spacial score (nSPS) is 17.2. The topological polar surface area (TPSA) is 106 Å². The number of nitrogens with one attached hydrogen (secondary N) is 2. The summed E-state index contributed by atoms with van der Waals surface area (Å²) in [4.78, 5) is 38.3. The molecule has 0 aromatic heterocycles. The molecule has 3 rings (SSSR count). The number of carbonyl (C=O) groups is 3. The molecule has 1 aliphatic carbocycles. The van der Waals surface area contributed by atoms with Crippen LogP contribution in [0.4, 0.5) is 4.79 Å². The molecular formula is C21H29N3O6. The molecule has 1 spiro atoms. The van der Waals surface area contributed by atoms with E-state index < -0.39 is 5.54 Å². The van der Waals surface area contributed by atoms with E-state index in [1.165, 1.54) is 12.0 Å². The minimum atomic E-state index is -0.705. The lowest BCUT2D eigenvalue weighted by molar-refractivity contribution is -0.131. The number of rotatable bonds is 9. The van der Waals surface area contributed by atoms with E-state index in [-0.39, 0.29) is 37.4 Å². The van der Waals surface area contributed by atoms with Gasteiger partial charge in [0.15, 0.2) is 11.5 Å². The van der Waals surface area contributed by atoms with Crippen LogP contribution in [0.3, 0.4) is 0 Å². The van der Waals surface area contributed by atoms with Crippen molar-refractivity contribution in [3.8, 4) is 17.2 Å². The van der Waals surface area contributed by atoms with Gasteiger partial charge < -0.3 is 24.8 Å². The molecule has 1 heterocycles. The Morgan fingerprint density at radius 2 is 1.70 bits per heavy atom. The number of carbonyl (C=O) groups excluding carboxylic acids is 3. The summed E-state index contributed by atoms with van der Waals surface area (Å²) in [6.07, 6.45) is 3.90. The zero-order chi connectivity index (χ0) is 21.7. The highest BCUT2D eigenvalue weighted by molar-refractivity contribution is 6.07. The summed E-state index contributed by atoms with van der Waals surface area (Å²) >= 11 is 0. The van der Waals surface area contributed by atoms with Gasteiger partial charge in [0.25, 0.3) is 5.91 Å². The van der Waals surface area contributed by atoms with Crippen LogP contribution in [0.2, 0.25) is 0 Å². The van der Waals surface area contributed by atoms with E-state index in [1.807, 2.05) is 0 Å². The van der Waals surface area contributed by atoms with Gasteiger partial charge in [0.2, 0.25) is 5.91 Å². The molecule has 2 fully saturated rings. The molecule has 1 saturated carbocycles. The third-order valence-electron chi connectivity index (χ3n) is 5.75. The number of imide groups is 1. The second-order valence-electron chi connectivity index (χ2n) is 7.58. The van der Waals surface area contributed by atoms with E-state index in [0.29, 0.717) is 36.5 Å². The largest absolute Gasteiger partial charge is 0.496 e. The average molecular weight is 419 g/mol. The second kappa shape index (κ2) is 9.23. The zero-order valence-electron chi connectivity index (χ0n) is 17.7. The van der Waals surface area contributed by atoms with E-state index in [1.54, 1.807) is 26.4 Å². The minimum Gasteiger partial charge on any atom is -0.496 e. The van der Waals surface area contributed by atoms with Crippen LogP contribution in [0.25, 0.3) is 0 Å². The van der Waals surface area contributed by atoms with Crippen molar-refractivity contribution in [2.75, 3.05) is 27.9 Å². The molecule has 30 heavy (non-hydrogen) atoms. The standard InChI is InChI=1S/C21H29N3O6/c1-28-15-12-17(30-3)16(29-2)11-14(15)13-22-18(25)7-6-10-24-19(26)21(23-20(24)27)8-4-5-9-21/h11-12H,4-10,13H2,1-3H3,(H,22,25)(H,23,27). The predicted octanol–water partition coefficient (Wildman–Crippen LogP) is 1.97. The average Bonchev–Trinajstić information content (AvgIpc) is 3.31. The van der Waals surface area contributed by atoms with E-state index >= 15 is 0 Å². The molecule has 2 N–H and O–H groups in total. The summed E-state index contributed by atoms with van der Waals surface area (Å²) in [6.45, 7) is 0.494. The quantitative estimate of drug-likeness (QED) is 0.593. The summed E-state index contributed by atoms with van der Waals surface area (Å²) in [5.74, 6) is 1.34. The van der Waals surface area contributed by atoms with Gasteiger partial charge in [-0.25, -0.2) is 4.79 Å². The van der Waals surface area contributed by atoms with Crippen molar-refractivity contribution >= 4 is 17.8 Å². The number of methoxy groups -OCH3 is 3. The van der Waals surface area contributed by atoms with Crippen molar-refractivity contribution in [3.05, 3.63) is 17.7 Å². The monoisotopic (exact) mass is 419 g/mol. The number of hydrogen-bond donors (Lipinski definition) is 2. The molecule has 1 saturated heterocycles. The Hall–Kier alpha value is -2.97. The van der Waals surface area contributed by atoms with Gasteiger partial charge >= 0.3 is 6.03 Å². The molecule has 9 heteroatoms. The van der Waals surface area contributed by atoms with Crippen LogP contribution >= 0.6 is 0 Å². The number of benzene rings is 1. The van der Waals surface area contributed by atoms with Crippen molar-refractivity contribution in [3.63, 3.8) is 0 Å². The Balaban J connectivity index is 1.50. The van der Waals surface area contributed by atoms with E-state index in [4.69, 9.17) is 14.2 Å². The van der Waals surface area contributed by atoms with Crippen LogP contribution in [-0.2, 0) is 16.1 Å². The first-order valence-corrected chi connectivity index (χ1v) is 10.1. The first-order valence-electron chi connectivity index (χ1n) is 10.1.